The minimum absolute atomic E-state index is 0.0978. The summed E-state index contributed by atoms with van der Waals surface area (Å²) in [6, 6.07) is 13.0. The fourth-order valence-corrected chi connectivity index (χ4v) is 2.31. The Labute approximate surface area is 139 Å². The van der Waals surface area contributed by atoms with Gasteiger partial charge in [0.1, 0.15) is 11.5 Å². The normalized spacial score (nSPS) is 11.9. The number of hydrogen-bond donors (Lipinski definition) is 0. The molecule has 2 aromatic rings. The van der Waals surface area contributed by atoms with Gasteiger partial charge in [0.25, 0.3) is 5.91 Å². The van der Waals surface area contributed by atoms with Crippen LogP contribution >= 0.6 is 0 Å². The van der Waals surface area contributed by atoms with Crippen LogP contribution in [0, 0.1) is 0 Å². The number of halogens is 2. The Bertz CT molecular complexity index is 689. The van der Waals surface area contributed by atoms with Gasteiger partial charge < -0.3 is 14.4 Å². The average Bonchev–Trinajstić information content (AvgIpc) is 2.60. The van der Waals surface area contributed by atoms with Gasteiger partial charge in [-0.05, 0) is 36.8 Å². The lowest BCUT2D eigenvalue weighted by Crippen LogP contribution is -2.30. The zero-order valence-electron chi connectivity index (χ0n) is 13.7. The summed E-state index contributed by atoms with van der Waals surface area (Å²) in [7, 11) is 3.20. The van der Waals surface area contributed by atoms with Gasteiger partial charge in [-0.15, -0.1) is 0 Å². The molecule has 0 saturated heterocycles. The third-order valence-electron chi connectivity index (χ3n) is 3.83. The minimum atomic E-state index is -2.98. The summed E-state index contributed by atoms with van der Waals surface area (Å²) in [6.45, 7) is -1.13. The second-order valence-corrected chi connectivity index (χ2v) is 5.24. The van der Waals surface area contributed by atoms with Crippen LogP contribution in [0.5, 0.6) is 11.5 Å². The quantitative estimate of drug-likeness (QED) is 0.797. The number of carbonyl (C=O) groups excluding carboxylic acids is 1. The number of hydrogen-bond acceptors (Lipinski definition) is 3. The molecule has 0 heterocycles. The Morgan fingerprint density at radius 2 is 1.71 bits per heavy atom. The van der Waals surface area contributed by atoms with E-state index in [2.05, 4.69) is 4.74 Å². The molecule has 2 rings (SSSR count). The number of amides is 1. The average molecular weight is 335 g/mol. The standard InChI is InChI=1S/C18H19F2NO3/c1-12(13-8-10-14(23-3)11-9-13)21(2)17(22)15-6-4-5-7-16(15)24-18(19)20/h4-12,18H,1-3H3. The van der Waals surface area contributed by atoms with Gasteiger partial charge in [0.15, 0.2) is 0 Å². The summed E-state index contributed by atoms with van der Waals surface area (Å²) >= 11 is 0. The molecule has 1 atom stereocenters. The number of para-hydroxylation sites is 1. The maximum absolute atomic E-state index is 12.7. The third-order valence-corrected chi connectivity index (χ3v) is 3.83. The van der Waals surface area contributed by atoms with Crippen LogP contribution in [0.25, 0.3) is 0 Å². The first kappa shape index (κ1) is 17.7. The van der Waals surface area contributed by atoms with Gasteiger partial charge in [-0.2, -0.15) is 8.78 Å². The highest BCUT2D eigenvalue weighted by Crippen LogP contribution is 2.27. The molecule has 0 N–H and O–H groups in total. The molecule has 6 heteroatoms. The van der Waals surface area contributed by atoms with Crippen LogP contribution in [0.4, 0.5) is 8.78 Å². The SMILES string of the molecule is COc1ccc(C(C)N(C)C(=O)c2ccccc2OC(F)F)cc1. The molecular weight excluding hydrogens is 316 g/mol. The summed E-state index contributed by atoms with van der Waals surface area (Å²) in [5, 5.41) is 0. The summed E-state index contributed by atoms with van der Waals surface area (Å²) in [5.41, 5.74) is 1.000. The Hall–Kier alpha value is -2.63. The predicted octanol–water partition coefficient (Wildman–Crippen LogP) is 4.13. The van der Waals surface area contributed by atoms with Crippen LogP contribution < -0.4 is 9.47 Å². The lowest BCUT2D eigenvalue weighted by Gasteiger charge is -2.26. The number of rotatable bonds is 6. The van der Waals surface area contributed by atoms with E-state index in [0.717, 1.165) is 11.3 Å². The lowest BCUT2D eigenvalue weighted by molar-refractivity contribution is -0.0502. The molecular formula is C18H19F2NO3. The van der Waals surface area contributed by atoms with Crippen LogP contribution in [-0.2, 0) is 0 Å². The van der Waals surface area contributed by atoms with Crippen LogP contribution in [0.1, 0.15) is 28.9 Å². The predicted molar refractivity (Wildman–Crippen MR) is 86.6 cm³/mol. The Morgan fingerprint density at radius 3 is 2.29 bits per heavy atom. The zero-order valence-corrected chi connectivity index (χ0v) is 13.7. The number of alkyl halides is 2. The molecule has 0 radical (unpaired) electrons. The molecule has 2 aromatic carbocycles. The topological polar surface area (TPSA) is 38.8 Å². The van der Waals surface area contributed by atoms with Gasteiger partial charge in [-0.1, -0.05) is 24.3 Å². The first-order valence-corrected chi connectivity index (χ1v) is 7.39. The number of nitrogens with zero attached hydrogens (tertiary/aromatic N) is 1. The molecule has 0 aliphatic rings. The smallest absolute Gasteiger partial charge is 0.387 e. The van der Waals surface area contributed by atoms with Crippen molar-refractivity contribution in [2.75, 3.05) is 14.2 Å². The highest BCUT2D eigenvalue weighted by atomic mass is 19.3. The van der Waals surface area contributed by atoms with E-state index in [1.807, 2.05) is 19.1 Å². The van der Waals surface area contributed by atoms with E-state index < -0.39 is 12.5 Å². The molecule has 0 spiro atoms. The van der Waals surface area contributed by atoms with Gasteiger partial charge in [-0.3, -0.25) is 4.79 Å². The van der Waals surface area contributed by atoms with Gasteiger partial charge in [0.05, 0.1) is 18.7 Å². The summed E-state index contributed by atoms with van der Waals surface area (Å²) in [6.07, 6.45) is 0. The molecule has 24 heavy (non-hydrogen) atoms. The highest BCUT2D eigenvalue weighted by molar-refractivity contribution is 5.97. The second-order valence-electron chi connectivity index (χ2n) is 5.24. The number of methoxy groups -OCH3 is 1. The largest absolute Gasteiger partial charge is 0.497 e. The molecule has 128 valence electrons. The summed E-state index contributed by atoms with van der Waals surface area (Å²) in [5.74, 6) is 0.191. The van der Waals surface area contributed by atoms with Gasteiger partial charge in [0, 0.05) is 7.05 Å². The molecule has 4 nitrogen and oxygen atoms in total. The van der Waals surface area contributed by atoms with Crippen molar-refractivity contribution in [3.05, 3.63) is 59.7 Å². The molecule has 0 aliphatic carbocycles. The second kappa shape index (κ2) is 7.77. The molecule has 0 fully saturated rings. The zero-order chi connectivity index (χ0) is 17.7. The summed E-state index contributed by atoms with van der Waals surface area (Å²) < 4.78 is 34.5. The van der Waals surface area contributed by atoms with E-state index in [0.29, 0.717) is 0 Å². The van der Waals surface area contributed by atoms with E-state index in [1.54, 1.807) is 38.4 Å². The number of ether oxygens (including phenoxy) is 2. The van der Waals surface area contributed by atoms with Gasteiger partial charge >= 0.3 is 6.61 Å². The van der Waals surface area contributed by atoms with Crippen molar-refractivity contribution in [1.82, 2.24) is 4.90 Å². The van der Waals surface area contributed by atoms with E-state index in [9.17, 15) is 13.6 Å². The first-order valence-electron chi connectivity index (χ1n) is 7.39. The lowest BCUT2D eigenvalue weighted by atomic mass is 10.1. The van der Waals surface area contributed by atoms with E-state index in [-0.39, 0.29) is 17.4 Å². The molecule has 0 aromatic heterocycles. The molecule has 0 bridgehead atoms. The van der Waals surface area contributed by atoms with Crippen molar-refractivity contribution >= 4 is 5.91 Å². The third kappa shape index (κ3) is 4.01. The Morgan fingerprint density at radius 1 is 1.08 bits per heavy atom. The molecule has 0 aliphatic heterocycles. The van der Waals surface area contributed by atoms with Gasteiger partial charge in [0.2, 0.25) is 0 Å². The van der Waals surface area contributed by atoms with Crippen molar-refractivity contribution < 1.29 is 23.0 Å². The van der Waals surface area contributed by atoms with E-state index >= 15 is 0 Å². The number of benzene rings is 2. The molecule has 1 amide bonds. The van der Waals surface area contributed by atoms with E-state index in [4.69, 9.17) is 4.74 Å². The highest BCUT2D eigenvalue weighted by Gasteiger charge is 2.22. The first-order chi connectivity index (χ1) is 11.4. The van der Waals surface area contributed by atoms with Crippen molar-refractivity contribution in [2.24, 2.45) is 0 Å². The monoisotopic (exact) mass is 335 g/mol. The summed E-state index contributed by atoms with van der Waals surface area (Å²) in [4.78, 5) is 14.1. The fraction of sp³-hybridized carbons (Fsp3) is 0.278. The Balaban J connectivity index is 2.22. The minimum Gasteiger partial charge on any atom is -0.497 e. The molecule has 0 saturated carbocycles. The van der Waals surface area contributed by atoms with Crippen molar-refractivity contribution in [3.63, 3.8) is 0 Å². The van der Waals surface area contributed by atoms with Crippen LogP contribution in [0.3, 0.4) is 0 Å². The maximum Gasteiger partial charge on any atom is 0.387 e. The fourth-order valence-electron chi connectivity index (χ4n) is 2.31. The molecule has 1 unspecified atom stereocenters. The van der Waals surface area contributed by atoms with Gasteiger partial charge in [-0.25, -0.2) is 0 Å². The van der Waals surface area contributed by atoms with Crippen LogP contribution in [0.2, 0.25) is 0 Å². The van der Waals surface area contributed by atoms with Crippen molar-refractivity contribution in [2.45, 2.75) is 19.6 Å². The number of carbonyl (C=O) groups is 1. The van der Waals surface area contributed by atoms with Crippen LogP contribution in [-0.4, -0.2) is 31.6 Å². The maximum atomic E-state index is 12.7. The van der Waals surface area contributed by atoms with Crippen molar-refractivity contribution in [3.8, 4) is 11.5 Å². The van der Waals surface area contributed by atoms with Crippen molar-refractivity contribution in [1.29, 1.82) is 0 Å². The van der Waals surface area contributed by atoms with Crippen LogP contribution in [0.15, 0.2) is 48.5 Å². The van der Waals surface area contributed by atoms with E-state index in [1.165, 1.54) is 17.0 Å². The Kier molecular flexibility index (Phi) is 5.73.